The maximum atomic E-state index is 12.0. The Kier molecular flexibility index (Phi) is 4.56. The zero-order chi connectivity index (χ0) is 15.2. The number of hydrogen-bond acceptors (Lipinski definition) is 4. The molecule has 0 bridgehead atoms. The Hall–Kier alpha value is -2.82. The highest BCUT2D eigenvalue weighted by atomic mass is 16.5. The number of amides is 1. The number of phenols is 1. The van der Waals surface area contributed by atoms with Gasteiger partial charge in [0.05, 0.1) is 18.9 Å². The standard InChI is InChI=1S/C16H16N2O3/c1-11-6-7-14(15(8-11)21-2)16(20)18-17-10-12-4-3-5-13(19)9-12/h3-10,19H,1-2H3,(H,18,20)/b17-10-. The molecular formula is C16H16N2O3. The smallest absolute Gasteiger partial charge is 0.275 e. The highest BCUT2D eigenvalue weighted by Crippen LogP contribution is 2.19. The van der Waals surface area contributed by atoms with E-state index in [-0.39, 0.29) is 11.7 Å². The fourth-order valence-corrected chi connectivity index (χ4v) is 1.82. The van der Waals surface area contributed by atoms with Gasteiger partial charge < -0.3 is 9.84 Å². The van der Waals surface area contributed by atoms with Crippen molar-refractivity contribution in [3.05, 3.63) is 59.2 Å². The Morgan fingerprint density at radius 2 is 2.10 bits per heavy atom. The predicted octanol–water partition coefficient (Wildman–Crippen LogP) is 2.47. The molecule has 2 N–H and O–H groups in total. The van der Waals surface area contributed by atoms with E-state index in [1.165, 1.54) is 13.3 Å². The van der Waals surface area contributed by atoms with Crippen LogP contribution < -0.4 is 10.2 Å². The number of hydrazone groups is 1. The summed E-state index contributed by atoms with van der Waals surface area (Å²) >= 11 is 0. The molecule has 0 radical (unpaired) electrons. The molecule has 0 saturated heterocycles. The third-order valence-electron chi connectivity index (χ3n) is 2.85. The molecular weight excluding hydrogens is 268 g/mol. The van der Waals surface area contributed by atoms with Crippen LogP contribution in [0.4, 0.5) is 0 Å². The van der Waals surface area contributed by atoms with Crippen LogP contribution in [0.2, 0.25) is 0 Å². The van der Waals surface area contributed by atoms with Gasteiger partial charge in [-0.2, -0.15) is 5.10 Å². The number of carbonyl (C=O) groups is 1. The molecule has 5 nitrogen and oxygen atoms in total. The van der Waals surface area contributed by atoms with Gasteiger partial charge in [-0.05, 0) is 42.3 Å². The van der Waals surface area contributed by atoms with Crippen molar-refractivity contribution in [1.82, 2.24) is 5.43 Å². The van der Waals surface area contributed by atoms with Gasteiger partial charge in [0.1, 0.15) is 11.5 Å². The predicted molar refractivity (Wildman–Crippen MR) is 80.9 cm³/mol. The summed E-state index contributed by atoms with van der Waals surface area (Å²) < 4.78 is 5.18. The van der Waals surface area contributed by atoms with E-state index in [4.69, 9.17) is 4.74 Å². The minimum absolute atomic E-state index is 0.144. The number of aryl methyl sites for hydroxylation is 1. The molecule has 0 atom stereocenters. The molecule has 5 heteroatoms. The lowest BCUT2D eigenvalue weighted by molar-refractivity contribution is 0.0952. The van der Waals surface area contributed by atoms with Crippen molar-refractivity contribution < 1.29 is 14.6 Å². The zero-order valence-corrected chi connectivity index (χ0v) is 11.8. The number of phenolic OH excluding ortho intramolecular Hbond substituents is 1. The lowest BCUT2D eigenvalue weighted by Crippen LogP contribution is -2.18. The van der Waals surface area contributed by atoms with Gasteiger partial charge in [0.2, 0.25) is 0 Å². The maximum absolute atomic E-state index is 12.0. The fourth-order valence-electron chi connectivity index (χ4n) is 1.82. The van der Waals surface area contributed by atoms with Gasteiger partial charge in [0, 0.05) is 0 Å². The molecule has 0 aliphatic carbocycles. The Morgan fingerprint density at radius 1 is 1.29 bits per heavy atom. The van der Waals surface area contributed by atoms with E-state index in [0.717, 1.165) is 5.56 Å². The van der Waals surface area contributed by atoms with Gasteiger partial charge in [-0.1, -0.05) is 18.2 Å². The van der Waals surface area contributed by atoms with Gasteiger partial charge in [0.15, 0.2) is 0 Å². The van der Waals surface area contributed by atoms with Gasteiger partial charge >= 0.3 is 0 Å². The molecule has 0 fully saturated rings. The van der Waals surface area contributed by atoms with Crippen LogP contribution in [-0.2, 0) is 0 Å². The lowest BCUT2D eigenvalue weighted by atomic mass is 10.1. The van der Waals surface area contributed by atoms with Crippen molar-refractivity contribution in [2.75, 3.05) is 7.11 Å². The third kappa shape index (κ3) is 3.82. The average Bonchev–Trinajstić information content (AvgIpc) is 2.47. The number of carbonyl (C=O) groups excluding carboxylic acids is 1. The molecule has 0 unspecified atom stereocenters. The van der Waals surface area contributed by atoms with Gasteiger partial charge in [-0.15, -0.1) is 0 Å². The fraction of sp³-hybridized carbons (Fsp3) is 0.125. The number of ether oxygens (including phenoxy) is 1. The van der Waals surface area contributed by atoms with Crippen molar-refractivity contribution in [3.8, 4) is 11.5 Å². The molecule has 2 aromatic rings. The molecule has 2 rings (SSSR count). The van der Waals surface area contributed by atoms with Crippen LogP contribution in [0, 0.1) is 6.92 Å². The minimum Gasteiger partial charge on any atom is -0.508 e. The molecule has 108 valence electrons. The molecule has 21 heavy (non-hydrogen) atoms. The second kappa shape index (κ2) is 6.56. The highest BCUT2D eigenvalue weighted by Gasteiger charge is 2.11. The van der Waals surface area contributed by atoms with Crippen molar-refractivity contribution in [1.29, 1.82) is 0 Å². The number of rotatable bonds is 4. The Labute approximate surface area is 122 Å². The number of hydrogen-bond donors (Lipinski definition) is 2. The summed E-state index contributed by atoms with van der Waals surface area (Å²) in [7, 11) is 1.52. The third-order valence-corrected chi connectivity index (χ3v) is 2.85. The second-order valence-corrected chi connectivity index (χ2v) is 4.50. The van der Waals surface area contributed by atoms with Crippen LogP contribution >= 0.6 is 0 Å². The summed E-state index contributed by atoms with van der Waals surface area (Å²) in [5.74, 6) is 0.286. The number of methoxy groups -OCH3 is 1. The number of nitrogens with zero attached hydrogens (tertiary/aromatic N) is 1. The van der Waals surface area contributed by atoms with Crippen LogP contribution in [0.3, 0.4) is 0 Å². The zero-order valence-electron chi connectivity index (χ0n) is 11.8. The van der Waals surface area contributed by atoms with Crippen LogP contribution in [0.5, 0.6) is 11.5 Å². The van der Waals surface area contributed by atoms with E-state index in [2.05, 4.69) is 10.5 Å². The first-order valence-electron chi connectivity index (χ1n) is 6.37. The van der Waals surface area contributed by atoms with E-state index < -0.39 is 0 Å². The minimum atomic E-state index is -0.358. The maximum Gasteiger partial charge on any atom is 0.275 e. The SMILES string of the molecule is COc1cc(C)ccc1C(=O)N/N=C\c1cccc(O)c1. The first-order chi connectivity index (χ1) is 10.1. The average molecular weight is 284 g/mol. The summed E-state index contributed by atoms with van der Waals surface area (Å²) in [5, 5.41) is 13.2. The summed E-state index contributed by atoms with van der Waals surface area (Å²) in [4.78, 5) is 12.0. The van der Waals surface area contributed by atoms with E-state index >= 15 is 0 Å². The van der Waals surface area contributed by atoms with Crippen LogP contribution in [0.1, 0.15) is 21.5 Å². The topological polar surface area (TPSA) is 70.9 Å². The van der Waals surface area contributed by atoms with E-state index in [1.807, 2.05) is 13.0 Å². The highest BCUT2D eigenvalue weighted by molar-refractivity contribution is 5.97. The molecule has 0 aliphatic heterocycles. The second-order valence-electron chi connectivity index (χ2n) is 4.50. The Bertz CT molecular complexity index is 681. The molecule has 2 aromatic carbocycles. The van der Waals surface area contributed by atoms with Crippen molar-refractivity contribution in [3.63, 3.8) is 0 Å². The number of nitrogens with one attached hydrogen (secondary N) is 1. The molecule has 0 heterocycles. The van der Waals surface area contributed by atoms with Gasteiger partial charge in [0.25, 0.3) is 5.91 Å². The van der Waals surface area contributed by atoms with Crippen LogP contribution in [0.15, 0.2) is 47.6 Å². The summed E-state index contributed by atoms with van der Waals surface area (Å²) in [6, 6.07) is 11.9. The first kappa shape index (κ1) is 14.6. The first-order valence-corrected chi connectivity index (χ1v) is 6.37. The lowest BCUT2D eigenvalue weighted by Gasteiger charge is -2.07. The monoisotopic (exact) mass is 284 g/mol. The van der Waals surface area contributed by atoms with Crippen LogP contribution in [0.25, 0.3) is 0 Å². The summed E-state index contributed by atoms with van der Waals surface area (Å²) in [6.45, 7) is 1.92. The largest absolute Gasteiger partial charge is 0.508 e. The van der Waals surface area contributed by atoms with Crippen LogP contribution in [-0.4, -0.2) is 24.3 Å². The van der Waals surface area contributed by atoms with Gasteiger partial charge in [-0.25, -0.2) is 5.43 Å². The molecule has 0 aromatic heterocycles. The molecule has 1 amide bonds. The van der Waals surface area contributed by atoms with E-state index in [9.17, 15) is 9.90 Å². The van der Waals surface area contributed by atoms with Crippen molar-refractivity contribution in [2.24, 2.45) is 5.10 Å². The van der Waals surface area contributed by atoms with Crippen molar-refractivity contribution in [2.45, 2.75) is 6.92 Å². The van der Waals surface area contributed by atoms with Gasteiger partial charge in [-0.3, -0.25) is 4.79 Å². The normalized spacial score (nSPS) is 10.6. The van der Waals surface area contributed by atoms with E-state index in [1.54, 1.807) is 36.4 Å². The molecule has 0 saturated carbocycles. The van der Waals surface area contributed by atoms with E-state index in [0.29, 0.717) is 16.9 Å². The number of benzene rings is 2. The summed E-state index contributed by atoms with van der Waals surface area (Å²) in [5.41, 5.74) is 4.54. The Morgan fingerprint density at radius 3 is 2.81 bits per heavy atom. The quantitative estimate of drug-likeness (QED) is 0.669. The number of aromatic hydroxyl groups is 1. The molecule has 0 aliphatic rings. The Balaban J connectivity index is 2.08. The molecule has 0 spiro atoms. The summed E-state index contributed by atoms with van der Waals surface area (Å²) in [6.07, 6.45) is 1.46. The van der Waals surface area contributed by atoms with Crippen molar-refractivity contribution >= 4 is 12.1 Å².